The van der Waals surface area contributed by atoms with Gasteiger partial charge in [-0.1, -0.05) is 13.8 Å². The Labute approximate surface area is 126 Å². The molecule has 0 N–H and O–H groups in total. The summed E-state index contributed by atoms with van der Waals surface area (Å²) in [6.07, 6.45) is 0.993. The zero-order valence-electron chi connectivity index (χ0n) is 10.6. The first-order valence-corrected chi connectivity index (χ1v) is 6.04. The Morgan fingerprint density at radius 3 is 1.44 bits per heavy atom. The Bertz CT molecular complexity index is 259. The Hall–Kier alpha value is 0.234. The Kier molecular flexibility index (Phi) is 27.7. The van der Waals surface area contributed by atoms with Crippen molar-refractivity contribution in [2.75, 3.05) is 13.4 Å². The van der Waals surface area contributed by atoms with Gasteiger partial charge in [0, 0.05) is 32.7 Å². The van der Waals surface area contributed by atoms with Crippen molar-refractivity contribution in [2.24, 2.45) is 0 Å². The van der Waals surface area contributed by atoms with Gasteiger partial charge in [0.25, 0.3) is 10.1 Å². The van der Waals surface area contributed by atoms with E-state index in [-0.39, 0.29) is 40.1 Å². The van der Waals surface area contributed by atoms with Crippen molar-refractivity contribution >= 4 is 10.1 Å². The molecular weight excluding hydrogens is 301 g/mol. The van der Waals surface area contributed by atoms with E-state index < -0.39 is 10.1 Å². The van der Waals surface area contributed by atoms with Gasteiger partial charge in [-0.15, -0.1) is 0 Å². The van der Waals surface area contributed by atoms with Crippen LogP contribution in [0.3, 0.4) is 0 Å². The average Bonchev–Trinajstić information content (AvgIpc) is 2.23. The Balaban J connectivity index is -0.0000000703. The molecule has 0 bridgehead atoms. The largest absolute Gasteiger partial charge is 0.358 e. The first-order valence-electron chi connectivity index (χ1n) is 4.23. The van der Waals surface area contributed by atoms with Crippen LogP contribution in [-0.4, -0.2) is 21.8 Å². The minimum atomic E-state index is -3.16. The summed E-state index contributed by atoms with van der Waals surface area (Å²) in [4.78, 5) is 0. The average molecular weight is 321 g/mol. The summed E-state index contributed by atoms with van der Waals surface area (Å²) in [7, 11) is -2.04. The van der Waals surface area contributed by atoms with Gasteiger partial charge in [-0.3, -0.25) is 4.18 Å². The van der Waals surface area contributed by atoms with Crippen LogP contribution in [0.5, 0.6) is 0 Å². The molecule has 0 saturated heterocycles. The molecule has 1 radical (unpaired) electrons. The van der Waals surface area contributed by atoms with Gasteiger partial charge in [-0.2, -0.15) is 44.8 Å². The molecule has 93 valence electrons. The minimum absolute atomic E-state index is 0. The van der Waals surface area contributed by atoms with E-state index in [9.17, 15) is 8.42 Å². The molecule has 1 aromatic carbocycles. The van der Waals surface area contributed by atoms with Gasteiger partial charge in [-0.25, -0.2) is 0 Å². The number of hydrogen-bond acceptors (Lipinski definition) is 3. The van der Waals surface area contributed by atoms with E-state index >= 15 is 0 Å². The summed E-state index contributed by atoms with van der Waals surface area (Å²) in [6.45, 7) is 4.00. The molecule has 0 saturated carbocycles. The third kappa shape index (κ3) is 29.2. The predicted octanol–water partition coefficient (Wildman–Crippen LogP) is 2.55. The Morgan fingerprint density at radius 1 is 1.06 bits per heavy atom. The van der Waals surface area contributed by atoms with Crippen LogP contribution >= 0.6 is 0 Å². The molecule has 0 fully saturated rings. The van der Waals surface area contributed by atoms with Crippen LogP contribution in [0, 0.1) is 13.5 Å². The third-order valence-corrected chi connectivity index (χ3v) is 1.52. The summed E-state index contributed by atoms with van der Waals surface area (Å²) in [6, 6.07) is 12.5. The van der Waals surface area contributed by atoms with Crippen molar-refractivity contribution < 1.29 is 45.3 Å². The van der Waals surface area contributed by atoms with Crippen LogP contribution in [0.4, 0.5) is 0 Å². The third-order valence-electron chi connectivity index (χ3n) is 0.910. The summed E-state index contributed by atoms with van der Waals surface area (Å²) in [5.74, 6) is 0. The van der Waals surface area contributed by atoms with E-state index in [1.807, 2.05) is 44.2 Å². The van der Waals surface area contributed by atoms with Crippen molar-refractivity contribution in [1.29, 1.82) is 0 Å². The molecule has 16 heavy (non-hydrogen) atoms. The maximum absolute atomic E-state index is 9.78. The molecule has 0 aliphatic rings. The van der Waals surface area contributed by atoms with Crippen LogP contribution in [0.15, 0.2) is 30.3 Å². The second-order valence-corrected chi connectivity index (χ2v) is 3.69. The van der Waals surface area contributed by atoms with Gasteiger partial charge in [0.1, 0.15) is 0 Å². The molecule has 0 heterocycles. The molecule has 1 rings (SSSR count). The van der Waals surface area contributed by atoms with Crippen molar-refractivity contribution in [2.45, 2.75) is 13.8 Å². The van der Waals surface area contributed by atoms with E-state index in [1.54, 1.807) is 0 Å². The molecule has 0 aliphatic carbocycles. The van der Waals surface area contributed by atoms with Gasteiger partial charge in [0.15, 0.2) is 0 Å². The molecule has 0 amide bonds. The molecule has 5 heteroatoms. The molecule has 0 aliphatic heterocycles. The topological polar surface area (TPSA) is 43.4 Å². The predicted molar refractivity (Wildman–Crippen MR) is 64.9 cm³/mol. The van der Waals surface area contributed by atoms with Crippen LogP contribution in [0.25, 0.3) is 0 Å². The number of benzene rings is 1. The quantitative estimate of drug-likeness (QED) is 0.590. The molecule has 0 unspecified atom stereocenters. The fraction of sp³-hybridized carbons (Fsp3) is 0.364. The van der Waals surface area contributed by atoms with Crippen LogP contribution in [-0.2, 0) is 47.0 Å². The van der Waals surface area contributed by atoms with Gasteiger partial charge in [-0.05, 0) is 0 Å². The normalized spacial score (nSPS) is 7.75. The summed E-state index contributed by atoms with van der Waals surface area (Å²) >= 11 is 0. The van der Waals surface area contributed by atoms with Crippen molar-refractivity contribution in [3.63, 3.8) is 0 Å². The SMILES string of the molecule is CC.COS(C)(=O)=O.[CH3-].[Y].[c-]1ccccc1. The van der Waals surface area contributed by atoms with E-state index in [4.69, 9.17) is 0 Å². The molecule has 0 aromatic heterocycles. The monoisotopic (exact) mass is 321 g/mol. The maximum Gasteiger partial charge on any atom is 0.264 e. The first-order chi connectivity index (χ1) is 6.56. The zero-order chi connectivity index (χ0) is 11.4. The van der Waals surface area contributed by atoms with E-state index in [1.165, 1.54) is 0 Å². The smallest absolute Gasteiger partial charge is 0.264 e. The van der Waals surface area contributed by atoms with Gasteiger partial charge >= 0.3 is 0 Å². The summed E-state index contributed by atoms with van der Waals surface area (Å²) in [5, 5.41) is 0. The zero-order valence-corrected chi connectivity index (χ0v) is 14.3. The fourth-order valence-electron chi connectivity index (χ4n) is 0.342. The fourth-order valence-corrected chi connectivity index (χ4v) is 0.342. The van der Waals surface area contributed by atoms with Gasteiger partial charge in [0.05, 0.1) is 13.4 Å². The second kappa shape index (κ2) is 17.6. The number of hydrogen-bond donors (Lipinski definition) is 0. The standard InChI is InChI=1S/C6H5.C2H6O3S.C2H6.CH3.Y/c1-2-4-6-5-3-1;1-5-6(2,3)4;1-2;;/h1-5H;1-2H3;1-2H3;1H3;/q-1;;;-1;. The van der Waals surface area contributed by atoms with Crippen LogP contribution in [0.1, 0.15) is 13.8 Å². The summed E-state index contributed by atoms with van der Waals surface area (Å²) < 4.78 is 23.5. The maximum atomic E-state index is 9.78. The van der Waals surface area contributed by atoms with Gasteiger partial charge in [0.2, 0.25) is 0 Å². The van der Waals surface area contributed by atoms with Gasteiger partial charge < -0.3 is 7.43 Å². The van der Waals surface area contributed by atoms with E-state index in [2.05, 4.69) is 10.2 Å². The Morgan fingerprint density at radius 2 is 1.38 bits per heavy atom. The molecular formula is C11H20O3SY-2. The molecule has 0 atom stereocenters. The minimum Gasteiger partial charge on any atom is -0.358 e. The van der Waals surface area contributed by atoms with Crippen molar-refractivity contribution in [3.05, 3.63) is 43.8 Å². The first kappa shape index (κ1) is 25.2. The number of rotatable bonds is 1. The van der Waals surface area contributed by atoms with Crippen molar-refractivity contribution in [1.82, 2.24) is 0 Å². The second-order valence-electron chi connectivity index (χ2n) is 1.95. The van der Waals surface area contributed by atoms with Crippen LogP contribution in [0.2, 0.25) is 0 Å². The van der Waals surface area contributed by atoms with E-state index in [0.29, 0.717) is 0 Å². The summed E-state index contributed by atoms with van der Waals surface area (Å²) in [5.41, 5.74) is 0. The van der Waals surface area contributed by atoms with Crippen LogP contribution < -0.4 is 0 Å². The van der Waals surface area contributed by atoms with E-state index in [0.717, 1.165) is 13.4 Å². The molecule has 0 spiro atoms. The molecule has 1 aromatic rings. The molecule has 3 nitrogen and oxygen atoms in total. The van der Waals surface area contributed by atoms with Crippen molar-refractivity contribution in [3.8, 4) is 0 Å².